The molecule has 0 saturated carbocycles. The Morgan fingerprint density at radius 1 is 0.290 bits per heavy atom. The van der Waals surface area contributed by atoms with E-state index in [0.717, 1.165) is 50.4 Å². The van der Waals surface area contributed by atoms with Gasteiger partial charge in [-0.25, -0.2) is 4.98 Å². The minimum atomic E-state index is 0.520. The molecule has 9 rings (SSSR count). The van der Waals surface area contributed by atoms with Crippen molar-refractivity contribution in [2.75, 3.05) is 9.80 Å². The number of aryl methyl sites for hydroxylation is 6. The third kappa shape index (κ3) is 8.13. The highest BCUT2D eigenvalue weighted by atomic mass is 15.3. The van der Waals surface area contributed by atoms with Crippen LogP contribution in [-0.2, 0) is 0 Å². The van der Waals surface area contributed by atoms with Crippen molar-refractivity contribution in [3.63, 3.8) is 0 Å². The van der Waals surface area contributed by atoms with Crippen molar-refractivity contribution in [2.45, 2.75) is 41.5 Å². The highest BCUT2D eigenvalue weighted by molar-refractivity contribution is 5.86. The van der Waals surface area contributed by atoms with E-state index in [-0.39, 0.29) is 0 Å². The van der Waals surface area contributed by atoms with Crippen molar-refractivity contribution in [1.29, 1.82) is 0 Å². The highest BCUT2D eigenvalue weighted by Crippen LogP contribution is 2.44. The zero-order chi connectivity index (χ0) is 42.7. The van der Waals surface area contributed by atoms with Crippen LogP contribution in [0.15, 0.2) is 188 Å². The normalized spacial score (nSPS) is 11.1. The van der Waals surface area contributed by atoms with Crippen LogP contribution in [0.25, 0.3) is 45.0 Å². The fourth-order valence-electron chi connectivity index (χ4n) is 8.76. The summed E-state index contributed by atoms with van der Waals surface area (Å²) in [7, 11) is 0. The van der Waals surface area contributed by atoms with Crippen LogP contribution in [-0.4, -0.2) is 15.0 Å². The van der Waals surface area contributed by atoms with Gasteiger partial charge in [-0.3, -0.25) is 4.90 Å². The van der Waals surface area contributed by atoms with Crippen LogP contribution in [0.4, 0.5) is 34.4 Å². The van der Waals surface area contributed by atoms with E-state index in [1.165, 1.54) is 44.8 Å². The Morgan fingerprint density at radius 3 is 1.15 bits per heavy atom. The van der Waals surface area contributed by atoms with Gasteiger partial charge in [0.2, 0.25) is 5.95 Å². The maximum atomic E-state index is 5.30. The molecule has 5 heteroatoms. The number of hydrogen-bond donors (Lipinski definition) is 0. The standard InChI is InChI=1S/C57H49N5/c1-38-33-40(3)53(41(4)34-38)62(54-42(5)35-39(2)36-43(54)6)51-31-29-50(30-32-51)61(52-24-16-23-49(37-52)45-19-12-8-13-20-45)57-59-55(47-21-14-9-15-22-47)58-56(60-57)48-27-25-46(26-28-48)44-17-10-7-11-18-44/h7-37H,1-6H3. The predicted molar refractivity (Wildman–Crippen MR) is 259 cm³/mol. The van der Waals surface area contributed by atoms with Gasteiger partial charge in [-0.1, -0.05) is 163 Å². The number of rotatable bonds is 10. The molecule has 0 unspecified atom stereocenters. The molecule has 1 aromatic heterocycles. The Labute approximate surface area is 365 Å². The molecule has 0 N–H and O–H groups in total. The fourth-order valence-corrected chi connectivity index (χ4v) is 8.76. The van der Waals surface area contributed by atoms with Crippen molar-refractivity contribution < 1.29 is 0 Å². The van der Waals surface area contributed by atoms with Gasteiger partial charge in [0, 0.05) is 28.2 Å². The molecule has 302 valence electrons. The third-order valence-corrected chi connectivity index (χ3v) is 11.4. The number of hydrogen-bond acceptors (Lipinski definition) is 5. The average molecular weight is 804 g/mol. The van der Waals surface area contributed by atoms with Gasteiger partial charge in [0.1, 0.15) is 0 Å². The molecular weight excluding hydrogens is 755 g/mol. The van der Waals surface area contributed by atoms with E-state index < -0.39 is 0 Å². The van der Waals surface area contributed by atoms with Gasteiger partial charge in [-0.15, -0.1) is 0 Å². The Balaban J connectivity index is 1.23. The summed E-state index contributed by atoms with van der Waals surface area (Å²) in [6, 6.07) is 66.1. The molecule has 0 atom stereocenters. The quantitative estimate of drug-likeness (QED) is 0.138. The van der Waals surface area contributed by atoms with Crippen LogP contribution in [0, 0.1) is 41.5 Å². The lowest BCUT2D eigenvalue weighted by molar-refractivity contribution is 1.02. The van der Waals surface area contributed by atoms with Gasteiger partial charge in [-0.05, 0) is 122 Å². The lowest BCUT2D eigenvalue weighted by Gasteiger charge is -2.32. The Morgan fingerprint density at radius 2 is 0.661 bits per heavy atom. The van der Waals surface area contributed by atoms with Crippen LogP contribution in [0.3, 0.4) is 0 Å². The smallest absolute Gasteiger partial charge is 0.238 e. The molecule has 62 heavy (non-hydrogen) atoms. The van der Waals surface area contributed by atoms with Gasteiger partial charge in [0.25, 0.3) is 0 Å². The summed E-state index contributed by atoms with van der Waals surface area (Å²) in [4.78, 5) is 20.3. The van der Waals surface area contributed by atoms with Gasteiger partial charge in [0.05, 0.1) is 11.4 Å². The molecule has 0 radical (unpaired) electrons. The Bertz CT molecular complexity index is 2890. The molecule has 0 amide bonds. The second-order valence-corrected chi connectivity index (χ2v) is 16.2. The van der Waals surface area contributed by atoms with Crippen LogP contribution >= 0.6 is 0 Å². The molecule has 8 aromatic carbocycles. The summed E-state index contributed by atoms with van der Waals surface area (Å²) in [5, 5.41) is 0. The maximum Gasteiger partial charge on any atom is 0.238 e. The summed E-state index contributed by atoms with van der Waals surface area (Å²) in [5.41, 5.74) is 19.1. The Kier molecular flexibility index (Phi) is 11.0. The van der Waals surface area contributed by atoms with E-state index in [0.29, 0.717) is 17.6 Å². The minimum Gasteiger partial charge on any atom is -0.309 e. The molecular formula is C57H49N5. The first-order chi connectivity index (χ1) is 30.2. The molecule has 0 aliphatic carbocycles. The average Bonchev–Trinajstić information content (AvgIpc) is 3.29. The molecule has 5 nitrogen and oxygen atoms in total. The molecule has 1 heterocycles. The predicted octanol–water partition coefficient (Wildman–Crippen LogP) is 15.3. The molecule has 0 aliphatic heterocycles. The maximum absolute atomic E-state index is 5.30. The summed E-state index contributed by atoms with van der Waals surface area (Å²) in [6.07, 6.45) is 0. The van der Waals surface area contributed by atoms with Crippen LogP contribution < -0.4 is 9.80 Å². The molecule has 0 spiro atoms. The number of nitrogens with zero attached hydrogens (tertiary/aromatic N) is 5. The van der Waals surface area contributed by atoms with E-state index in [1.54, 1.807) is 0 Å². The molecule has 0 fully saturated rings. The number of aromatic nitrogens is 3. The van der Waals surface area contributed by atoms with Crippen LogP contribution in [0.5, 0.6) is 0 Å². The molecule has 0 bridgehead atoms. The first kappa shape index (κ1) is 39.8. The topological polar surface area (TPSA) is 45.2 Å². The van der Waals surface area contributed by atoms with Crippen molar-refractivity contribution in [2.24, 2.45) is 0 Å². The van der Waals surface area contributed by atoms with E-state index >= 15 is 0 Å². The number of anilines is 6. The fraction of sp³-hybridized carbons (Fsp3) is 0.105. The summed E-state index contributed by atoms with van der Waals surface area (Å²) in [6.45, 7) is 13.2. The van der Waals surface area contributed by atoms with Gasteiger partial charge in [-0.2, -0.15) is 9.97 Å². The summed E-state index contributed by atoms with van der Waals surface area (Å²) >= 11 is 0. The highest BCUT2D eigenvalue weighted by Gasteiger charge is 2.24. The minimum absolute atomic E-state index is 0.520. The first-order valence-corrected chi connectivity index (χ1v) is 21.2. The van der Waals surface area contributed by atoms with E-state index in [4.69, 9.17) is 15.0 Å². The lowest BCUT2D eigenvalue weighted by Crippen LogP contribution is -2.17. The largest absolute Gasteiger partial charge is 0.309 e. The zero-order valence-corrected chi connectivity index (χ0v) is 36.1. The lowest BCUT2D eigenvalue weighted by atomic mass is 9.98. The zero-order valence-electron chi connectivity index (χ0n) is 36.1. The summed E-state index contributed by atoms with van der Waals surface area (Å²) < 4.78 is 0. The van der Waals surface area contributed by atoms with E-state index in [9.17, 15) is 0 Å². The monoisotopic (exact) mass is 803 g/mol. The van der Waals surface area contributed by atoms with Crippen LogP contribution in [0.2, 0.25) is 0 Å². The molecule has 0 aliphatic rings. The van der Waals surface area contributed by atoms with Crippen LogP contribution in [0.1, 0.15) is 33.4 Å². The SMILES string of the molecule is Cc1cc(C)c(N(c2ccc(N(c3cccc(-c4ccccc4)c3)c3nc(-c4ccccc4)nc(-c4ccc(-c5ccccc5)cc4)n3)cc2)c2c(C)cc(C)cc2C)c(C)c1. The van der Waals surface area contributed by atoms with Crippen molar-refractivity contribution in [1.82, 2.24) is 15.0 Å². The van der Waals surface area contributed by atoms with Gasteiger partial charge < -0.3 is 4.90 Å². The first-order valence-electron chi connectivity index (χ1n) is 21.2. The van der Waals surface area contributed by atoms with Crippen molar-refractivity contribution in [3.05, 3.63) is 221 Å². The van der Waals surface area contributed by atoms with Gasteiger partial charge in [0.15, 0.2) is 11.6 Å². The molecule has 9 aromatic rings. The third-order valence-electron chi connectivity index (χ3n) is 11.4. The molecule has 0 saturated heterocycles. The van der Waals surface area contributed by atoms with E-state index in [1.807, 2.05) is 30.3 Å². The van der Waals surface area contributed by atoms with E-state index in [2.05, 4.69) is 209 Å². The summed E-state index contributed by atoms with van der Waals surface area (Å²) in [5.74, 6) is 1.71. The number of benzene rings is 8. The second kappa shape index (κ2) is 17.2. The van der Waals surface area contributed by atoms with Crippen molar-refractivity contribution in [3.8, 4) is 45.0 Å². The second-order valence-electron chi connectivity index (χ2n) is 16.2. The Hall–Kier alpha value is -7.63. The van der Waals surface area contributed by atoms with Crippen molar-refractivity contribution >= 4 is 34.4 Å². The van der Waals surface area contributed by atoms with Gasteiger partial charge >= 0.3 is 0 Å².